The molecule has 4 N–H and O–H groups in total. The van der Waals surface area contributed by atoms with Crippen LogP contribution >= 0.6 is 11.6 Å². The molecule has 5 nitrogen and oxygen atoms in total. The summed E-state index contributed by atoms with van der Waals surface area (Å²) < 4.78 is 0. The van der Waals surface area contributed by atoms with Gasteiger partial charge in [0.2, 0.25) is 5.91 Å². The third kappa shape index (κ3) is 4.91. The van der Waals surface area contributed by atoms with Gasteiger partial charge in [-0.2, -0.15) is 0 Å². The number of pyridine rings is 1. The molecule has 17 heavy (non-hydrogen) atoms. The Labute approximate surface area is 106 Å². The molecule has 0 bridgehead atoms. The van der Waals surface area contributed by atoms with E-state index in [0.717, 1.165) is 6.42 Å². The summed E-state index contributed by atoms with van der Waals surface area (Å²) in [4.78, 5) is 15.3. The maximum Gasteiger partial charge on any atom is 0.221 e. The van der Waals surface area contributed by atoms with Gasteiger partial charge in [0, 0.05) is 19.5 Å². The van der Waals surface area contributed by atoms with Crippen molar-refractivity contribution in [2.45, 2.75) is 19.8 Å². The monoisotopic (exact) mass is 256 g/mol. The van der Waals surface area contributed by atoms with E-state index in [1.54, 1.807) is 6.07 Å². The topological polar surface area (TPSA) is 80.0 Å². The van der Waals surface area contributed by atoms with Crippen LogP contribution in [-0.2, 0) is 4.79 Å². The van der Waals surface area contributed by atoms with E-state index in [4.69, 9.17) is 17.3 Å². The van der Waals surface area contributed by atoms with Crippen LogP contribution in [-0.4, -0.2) is 24.0 Å². The normalized spacial score (nSPS) is 10.0. The van der Waals surface area contributed by atoms with Crippen LogP contribution in [0.15, 0.2) is 12.3 Å². The van der Waals surface area contributed by atoms with Crippen LogP contribution < -0.4 is 16.4 Å². The minimum absolute atomic E-state index is 0.0194. The van der Waals surface area contributed by atoms with Gasteiger partial charge < -0.3 is 16.4 Å². The van der Waals surface area contributed by atoms with Crippen molar-refractivity contribution in [3.8, 4) is 0 Å². The summed E-state index contributed by atoms with van der Waals surface area (Å²) in [5.41, 5.74) is 6.04. The molecule has 1 heterocycles. The van der Waals surface area contributed by atoms with Gasteiger partial charge in [-0.25, -0.2) is 4.98 Å². The highest BCUT2D eigenvalue weighted by atomic mass is 35.5. The Kier molecular flexibility index (Phi) is 5.56. The van der Waals surface area contributed by atoms with Crippen molar-refractivity contribution in [1.29, 1.82) is 0 Å². The number of rotatable bonds is 6. The quantitative estimate of drug-likeness (QED) is 0.723. The molecule has 0 spiro atoms. The maximum atomic E-state index is 11.3. The fourth-order valence-electron chi connectivity index (χ4n) is 1.23. The van der Waals surface area contributed by atoms with Gasteiger partial charge in [-0.05, 0) is 12.5 Å². The number of anilines is 2. The second-order valence-electron chi connectivity index (χ2n) is 3.63. The van der Waals surface area contributed by atoms with Gasteiger partial charge >= 0.3 is 0 Å². The highest BCUT2D eigenvalue weighted by Crippen LogP contribution is 2.20. The number of nitrogens with zero attached hydrogens (tertiary/aromatic N) is 1. The van der Waals surface area contributed by atoms with Crippen molar-refractivity contribution in [3.63, 3.8) is 0 Å². The van der Waals surface area contributed by atoms with E-state index < -0.39 is 0 Å². The van der Waals surface area contributed by atoms with Crippen molar-refractivity contribution < 1.29 is 4.79 Å². The Hall–Kier alpha value is -1.49. The summed E-state index contributed by atoms with van der Waals surface area (Å²) in [5.74, 6) is 0.565. The van der Waals surface area contributed by atoms with Gasteiger partial charge in [0.1, 0.15) is 5.82 Å². The van der Waals surface area contributed by atoms with E-state index in [9.17, 15) is 4.79 Å². The Bertz CT molecular complexity index is 384. The largest absolute Gasteiger partial charge is 0.397 e. The standard InChI is InChI=1S/C11H17ClN4O/c1-2-4-14-10(17)3-5-15-11-9(12)6-8(13)7-16-11/h6-7H,2-5,13H2,1H3,(H,14,17)(H,15,16). The SMILES string of the molecule is CCCNC(=O)CCNc1ncc(N)cc1Cl. The lowest BCUT2D eigenvalue weighted by Crippen LogP contribution is -2.26. The molecular weight excluding hydrogens is 240 g/mol. The minimum Gasteiger partial charge on any atom is -0.397 e. The number of hydrogen-bond acceptors (Lipinski definition) is 4. The number of nitrogens with two attached hydrogens (primary N) is 1. The van der Waals surface area contributed by atoms with Crippen molar-refractivity contribution >= 4 is 29.0 Å². The lowest BCUT2D eigenvalue weighted by molar-refractivity contribution is -0.120. The first-order valence-corrected chi connectivity index (χ1v) is 5.93. The highest BCUT2D eigenvalue weighted by molar-refractivity contribution is 6.33. The molecule has 0 aliphatic heterocycles. The molecule has 94 valence electrons. The van der Waals surface area contributed by atoms with E-state index in [1.807, 2.05) is 6.92 Å². The number of carbonyl (C=O) groups is 1. The molecule has 0 aliphatic rings. The van der Waals surface area contributed by atoms with Crippen LogP contribution in [0.5, 0.6) is 0 Å². The molecule has 0 unspecified atom stereocenters. The molecular formula is C11H17ClN4O. The Balaban J connectivity index is 2.33. The molecule has 1 aromatic rings. The maximum absolute atomic E-state index is 11.3. The summed E-state index contributed by atoms with van der Waals surface area (Å²) in [6, 6.07) is 1.62. The molecule has 0 radical (unpaired) electrons. The third-order valence-electron chi connectivity index (χ3n) is 2.08. The molecule has 0 atom stereocenters. The number of nitrogens with one attached hydrogen (secondary N) is 2. The molecule has 1 rings (SSSR count). The fraction of sp³-hybridized carbons (Fsp3) is 0.455. The van der Waals surface area contributed by atoms with Crippen LogP contribution in [0.1, 0.15) is 19.8 Å². The first-order valence-electron chi connectivity index (χ1n) is 5.55. The lowest BCUT2D eigenvalue weighted by atomic mass is 10.3. The van der Waals surface area contributed by atoms with E-state index >= 15 is 0 Å². The number of halogens is 1. The predicted octanol–water partition coefficient (Wildman–Crippen LogP) is 1.65. The zero-order chi connectivity index (χ0) is 12.7. The van der Waals surface area contributed by atoms with Gasteiger partial charge in [0.25, 0.3) is 0 Å². The zero-order valence-corrected chi connectivity index (χ0v) is 10.5. The molecule has 0 saturated carbocycles. The molecule has 0 saturated heterocycles. The Morgan fingerprint density at radius 1 is 1.53 bits per heavy atom. The summed E-state index contributed by atoms with van der Waals surface area (Å²) in [6.07, 6.45) is 2.85. The van der Waals surface area contributed by atoms with Crippen LogP contribution in [0.4, 0.5) is 11.5 Å². The van der Waals surface area contributed by atoms with Crippen LogP contribution in [0.2, 0.25) is 5.02 Å². The van der Waals surface area contributed by atoms with E-state index in [1.165, 1.54) is 6.20 Å². The van der Waals surface area contributed by atoms with Gasteiger partial charge in [-0.1, -0.05) is 18.5 Å². The Morgan fingerprint density at radius 2 is 2.29 bits per heavy atom. The highest BCUT2D eigenvalue weighted by Gasteiger charge is 2.03. The van der Waals surface area contributed by atoms with E-state index in [2.05, 4.69) is 15.6 Å². The van der Waals surface area contributed by atoms with Crippen LogP contribution in [0, 0.1) is 0 Å². The average Bonchev–Trinajstić information content (AvgIpc) is 2.29. The summed E-state index contributed by atoms with van der Waals surface area (Å²) in [7, 11) is 0. The Morgan fingerprint density at radius 3 is 2.94 bits per heavy atom. The van der Waals surface area contributed by atoms with Crippen LogP contribution in [0.3, 0.4) is 0 Å². The molecule has 0 aromatic carbocycles. The number of amides is 1. The number of nitrogen functional groups attached to an aromatic ring is 1. The molecule has 1 amide bonds. The number of aromatic nitrogens is 1. The van der Waals surface area contributed by atoms with Gasteiger partial charge in [0.05, 0.1) is 16.9 Å². The lowest BCUT2D eigenvalue weighted by Gasteiger charge is -2.07. The van der Waals surface area contributed by atoms with Crippen molar-refractivity contribution in [2.75, 3.05) is 24.1 Å². The van der Waals surface area contributed by atoms with Crippen molar-refractivity contribution in [2.24, 2.45) is 0 Å². The van der Waals surface area contributed by atoms with Gasteiger partial charge in [-0.3, -0.25) is 4.79 Å². The fourth-order valence-corrected chi connectivity index (χ4v) is 1.47. The molecule has 1 aromatic heterocycles. The van der Waals surface area contributed by atoms with Crippen LogP contribution in [0.25, 0.3) is 0 Å². The summed E-state index contributed by atoms with van der Waals surface area (Å²) in [5, 5.41) is 6.24. The van der Waals surface area contributed by atoms with Crippen molar-refractivity contribution in [1.82, 2.24) is 10.3 Å². The third-order valence-corrected chi connectivity index (χ3v) is 2.37. The average molecular weight is 257 g/mol. The second-order valence-corrected chi connectivity index (χ2v) is 4.03. The molecule has 6 heteroatoms. The van der Waals surface area contributed by atoms with Gasteiger partial charge in [0.15, 0.2) is 0 Å². The van der Waals surface area contributed by atoms with E-state index in [-0.39, 0.29) is 5.91 Å². The zero-order valence-electron chi connectivity index (χ0n) is 9.79. The van der Waals surface area contributed by atoms with Crippen molar-refractivity contribution in [3.05, 3.63) is 17.3 Å². The number of hydrogen-bond donors (Lipinski definition) is 3. The number of carbonyl (C=O) groups excluding carboxylic acids is 1. The van der Waals surface area contributed by atoms with E-state index in [0.29, 0.717) is 36.0 Å². The first kappa shape index (κ1) is 13.6. The summed E-state index contributed by atoms with van der Waals surface area (Å²) in [6.45, 7) is 3.21. The first-order chi connectivity index (χ1) is 8.13. The van der Waals surface area contributed by atoms with Gasteiger partial charge in [-0.15, -0.1) is 0 Å². The predicted molar refractivity (Wildman–Crippen MR) is 70.1 cm³/mol. The smallest absolute Gasteiger partial charge is 0.221 e. The second kappa shape index (κ2) is 6.96. The molecule has 0 aliphatic carbocycles. The molecule has 0 fully saturated rings. The minimum atomic E-state index is 0.0194. The summed E-state index contributed by atoms with van der Waals surface area (Å²) >= 11 is 5.92.